The molecule has 2 aromatic rings. The third-order valence-electron chi connectivity index (χ3n) is 4.32. The molecule has 2 N–H and O–H groups in total. The number of aromatic hydroxyl groups is 1. The summed E-state index contributed by atoms with van der Waals surface area (Å²) >= 11 is 0. The van der Waals surface area contributed by atoms with Gasteiger partial charge >= 0.3 is 0 Å². The second-order valence-electron chi connectivity index (χ2n) is 6.54. The highest BCUT2D eigenvalue weighted by molar-refractivity contribution is 5.94. The molecule has 1 aliphatic heterocycles. The van der Waals surface area contributed by atoms with Crippen LogP contribution in [-0.4, -0.2) is 27.4 Å². The van der Waals surface area contributed by atoms with Crippen molar-refractivity contribution in [3.63, 3.8) is 0 Å². The van der Waals surface area contributed by atoms with Crippen LogP contribution in [0.15, 0.2) is 30.6 Å². The largest absolute Gasteiger partial charge is 0.506 e. The van der Waals surface area contributed by atoms with Crippen LogP contribution in [0.5, 0.6) is 5.75 Å². The van der Waals surface area contributed by atoms with E-state index in [9.17, 15) is 9.90 Å². The number of anilines is 1. The number of carbonyl (C=O) groups is 1. The number of nitrogens with zero attached hydrogens (tertiary/aromatic N) is 2. The van der Waals surface area contributed by atoms with Gasteiger partial charge in [0.1, 0.15) is 5.75 Å². The SMILES string of the molecule is Cc1ccc(O)c(NC(=O)[C@H]2CCO[C@@H]2c2cnn(C(C)C)c2)c1. The van der Waals surface area contributed by atoms with Gasteiger partial charge in [-0.3, -0.25) is 9.48 Å². The molecule has 1 aromatic carbocycles. The maximum absolute atomic E-state index is 12.7. The molecule has 1 fully saturated rings. The Bertz CT molecular complexity index is 739. The first-order chi connectivity index (χ1) is 11.5. The van der Waals surface area contributed by atoms with Crippen LogP contribution in [0.25, 0.3) is 0 Å². The van der Waals surface area contributed by atoms with E-state index in [1.165, 1.54) is 0 Å². The van der Waals surface area contributed by atoms with Crippen LogP contribution >= 0.6 is 0 Å². The Morgan fingerprint density at radius 1 is 1.46 bits per heavy atom. The first-order valence-electron chi connectivity index (χ1n) is 8.22. The van der Waals surface area contributed by atoms with E-state index in [0.717, 1.165) is 11.1 Å². The average molecular weight is 329 g/mol. The molecule has 0 bridgehead atoms. The minimum absolute atomic E-state index is 0.0667. The molecule has 2 atom stereocenters. The van der Waals surface area contributed by atoms with Gasteiger partial charge in [-0.2, -0.15) is 5.10 Å². The number of hydrogen-bond donors (Lipinski definition) is 2. The predicted molar refractivity (Wildman–Crippen MR) is 90.9 cm³/mol. The number of phenols is 1. The molecule has 0 radical (unpaired) electrons. The summed E-state index contributed by atoms with van der Waals surface area (Å²) in [5, 5.41) is 17.1. The zero-order valence-corrected chi connectivity index (χ0v) is 14.2. The molecule has 2 heterocycles. The van der Waals surface area contributed by atoms with Crippen molar-refractivity contribution in [1.82, 2.24) is 9.78 Å². The maximum Gasteiger partial charge on any atom is 0.230 e. The molecule has 0 unspecified atom stereocenters. The molecule has 1 aliphatic rings. The van der Waals surface area contributed by atoms with Gasteiger partial charge in [-0.1, -0.05) is 6.07 Å². The van der Waals surface area contributed by atoms with Gasteiger partial charge in [0.2, 0.25) is 5.91 Å². The zero-order valence-electron chi connectivity index (χ0n) is 14.2. The molecule has 0 spiro atoms. The van der Waals surface area contributed by atoms with E-state index in [1.807, 2.05) is 17.8 Å². The standard InChI is InChI=1S/C18H23N3O3/c1-11(2)21-10-13(9-19-21)17-14(6-7-24-17)18(23)20-15-8-12(3)4-5-16(15)22/h4-5,8-11,14,17,22H,6-7H2,1-3H3,(H,20,23)/t14-,17+/m0/s1. The fourth-order valence-electron chi connectivity index (χ4n) is 2.94. The van der Waals surface area contributed by atoms with E-state index in [1.54, 1.807) is 24.4 Å². The van der Waals surface area contributed by atoms with Crippen LogP contribution in [-0.2, 0) is 9.53 Å². The number of phenolic OH excluding ortho intramolecular Hbond substituents is 1. The molecule has 128 valence electrons. The number of ether oxygens (including phenoxy) is 1. The summed E-state index contributed by atoms with van der Waals surface area (Å²) in [7, 11) is 0. The van der Waals surface area contributed by atoms with Crippen LogP contribution in [0.1, 0.15) is 43.5 Å². The van der Waals surface area contributed by atoms with Crippen molar-refractivity contribution in [3.05, 3.63) is 41.7 Å². The lowest BCUT2D eigenvalue weighted by Gasteiger charge is -2.17. The minimum atomic E-state index is -0.301. The summed E-state index contributed by atoms with van der Waals surface area (Å²) < 4.78 is 7.64. The maximum atomic E-state index is 12.7. The summed E-state index contributed by atoms with van der Waals surface area (Å²) in [5.74, 6) is -0.373. The van der Waals surface area contributed by atoms with Crippen LogP contribution < -0.4 is 5.32 Å². The molecule has 6 heteroatoms. The lowest BCUT2D eigenvalue weighted by atomic mass is 9.96. The molecular formula is C18H23N3O3. The van der Waals surface area contributed by atoms with E-state index in [4.69, 9.17) is 4.74 Å². The lowest BCUT2D eigenvalue weighted by Crippen LogP contribution is -2.25. The van der Waals surface area contributed by atoms with E-state index in [-0.39, 0.29) is 29.7 Å². The fourth-order valence-corrected chi connectivity index (χ4v) is 2.94. The van der Waals surface area contributed by atoms with Gasteiger partial charge in [0.25, 0.3) is 0 Å². The van der Waals surface area contributed by atoms with Crippen molar-refractivity contribution in [2.24, 2.45) is 5.92 Å². The van der Waals surface area contributed by atoms with Crippen molar-refractivity contribution < 1.29 is 14.6 Å². The van der Waals surface area contributed by atoms with Gasteiger partial charge in [0, 0.05) is 24.4 Å². The van der Waals surface area contributed by atoms with Gasteiger partial charge in [0.15, 0.2) is 0 Å². The molecule has 6 nitrogen and oxygen atoms in total. The summed E-state index contributed by atoms with van der Waals surface area (Å²) in [5.41, 5.74) is 2.32. The Balaban J connectivity index is 1.77. The lowest BCUT2D eigenvalue weighted by molar-refractivity contribution is -0.121. The predicted octanol–water partition coefficient (Wildman–Crippen LogP) is 3.19. The van der Waals surface area contributed by atoms with E-state index in [0.29, 0.717) is 18.7 Å². The summed E-state index contributed by atoms with van der Waals surface area (Å²) in [6.45, 7) is 6.56. The monoisotopic (exact) mass is 329 g/mol. The highest BCUT2D eigenvalue weighted by atomic mass is 16.5. The molecule has 0 aliphatic carbocycles. The van der Waals surface area contributed by atoms with Gasteiger partial charge < -0.3 is 15.2 Å². The Kier molecular flexibility index (Phi) is 4.57. The Morgan fingerprint density at radius 3 is 2.96 bits per heavy atom. The molecule has 0 saturated carbocycles. The smallest absolute Gasteiger partial charge is 0.230 e. The molecular weight excluding hydrogens is 306 g/mol. The summed E-state index contributed by atoms with van der Waals surface area (Å²) in [6.07, 6.45) is 4.05. The average Bonchev–Trinajstić information content (AvgIpc) is 3.18. The van der Waals surface area contributed by atoms with E-state index < -0.39 is 0 Å². The second kappa shape index (κ2) is 6.65. The van der Waals surface area contributed by atoms with Crippen molar-refractivity contribution in [2.45, 2.75) is 39.3 Å². The first-order valence-corrected chi connectivity index (χ1v) is 8.22. The summed E-state index contributed by atoms with van der Waals surface area (Å²) in [4.78, 5) is 12.7. The quantitative estimate of drug-likeness (QED) is 0.845. The van der Waals surface area contributed by atoms with E-state index >= 15 is 0 Å². The van der Waals surface area contributed by atoms with Crippen molar-refractivity contribution in [2.75, 3.05) is 11.9 Å². The molecule has 1 amide bonds. The molecule has 24 heavy (non-hydrogen) atoms. The normalized spacial score (nSPS) is 20.5. The van der Waals surface area contributed by atoms with Crippen LogP contribution in [0.4, 0.5) is 5.69 Å². The number of aryl methyl sites for hydroxylation is 1. The third-order valence-corrected chi connectivity index (χ3v) is 4.32. The third kappa shape index (κ3) is 3.28. The molecule has 1 saturated heterocycles. The Labute approximate surface area is 141 Å². The summed E-state index contributed by atoms with van der Waals surface area (Å²) in [6, 6.07) is 5.40. The number of benzene rings is 1. The number of nitrogens with one attached hydrogen (secondary N) is 1. The van der Waals surface area contributed by atoms with Crippen molar-refractivity contribution in [3.8, 4) is 5.75 Å². The minimum Gasteiger partial charge on any atom is -0.506 e. The van der Waals surface area contributed by atoms with E-state index in [2.05, 4.69) is 24.3 Å². The number of amides is 1. The van der Waals surface area contributed by atoms with Crippen molar-refractivity contribution in [1.29, 1.82) is 0 Å². The molecule has 1 aromatic heterocycles. The van der Waals surface area contributed by atoms with Gasteiger partial charge in [-0.25, -0.2) is 0 Å². The number of hydrogen-bond acceptors (Lipinski definition) is 4. The van der Waals surface area contributed by atoms with Crippen LogP contribution in [0.2, 0.25) is 0 Å². The fraction of sp³-hybridized carbons (Fsp3) is 0.444. The number of rotatable bonds is 4. The second-order valence-corrected chi connectivity index (χ2v) is 6.54. The highest BCUT2D eigenvalue weighted by Gasteiger charge is 2.36. The first kappa shape index (κ1) is 16.5. The van der Waals surface area contributed by atoms with Crippen LogP contribution in [0, 0.1) is 12.8 Å². The van der Waals surface area contributed by atoms with Gasteiger partial charge in [-0.15, -0.1) is 0 Å². The Hall–Kier alpha value is -2.34. The number of carbonyl (C=O) groups excluding carboxylic acids is 1. The van der Waals surface area contributed by atoms with Crippen molar-refractivity contribution >= 4 is 11.6 Å². The zero-order chi connectivity index (χ0) is 17.3. The molecule has 3 rings (SSSR count). The highest BCUT2D eigenvalue weighted by Crippen LogP contribution is 2.36. The number of aromatic nitrogens is 2. The van der Waals surface area contributed by atoms with Gasteiger partial charge in [-0.05, 0) is 44.9 Å². The Morgan fingerprint density at radius 2 is 2.25 bits per heavy atom. The van der Waals surface area contributed by atoms with Gasteiger partial charge in [0.05, 0.1) is 23.9 Å². The topological polar surface area (TPSA) is 76.4 Å². The van der Waals surface area contributed by atoms with Crippen LogP contribution in [0.3, 0.4) is 0 Å².